The molecule has 3 nitrogen and oxygen atoms in total. The van der Waals surface area contributed by atoms with Gasteiger partial charge in [0.2, 0.25) is 0 Å². The number of carbonyl (C=O) groups excluding carboxylic acids is 1. The first-order valence-electron chi connectivity index (χ1n) is 5.81. The molecule has 0 amide bonds. The number of nitrogens with one attached hydrogen (secondary N) is 1. The van der Waals surface area contributed by atoms with E-state index >= 15 is 0 Å². The molecule has 4 heteroatoms. The van der Waals surface area contributed by atoms with Gasteiger partial charge in [0.25, 0.3) is 0 Å². The van der Waals surface area contributed by atoms with Crippen LogP contribution in [0.4, 0.5) is 0 Å². The van der Waals surface area contributed by atoms with Crippen LogP contribution in [0.15, 0.2) is 24.3 Å². The van der Waals surface area contributed by atoms with Gasteiger partial charge in [0, 0.05) is 5.02 Å². The molecule has 0 saturated carbocycles. The molecule has 2 rings (SSSR count). The van der Waals surface area contributed by atoms with E-state index in [-0.39, 0.29) is 12.0 Å². The lowest BCUT2D eigenvalue weighted by Gasteiger charge is -2.14. The summed E-state index contributed by atoms with van der Waals surface area (Å²) in [5.41, 5.74) is 0.952. The molecule has 1 saturated heterocycles. The number of esters is 1. The maximum atomic E-state index is 11.8. The fourth-order valence-electron chi connectivity index (χ4n) is 1.97. The largest absolute Gasteiger partial charge is 0.460 e. The van der Waals surface area contributed by atoms with Crippen LogP contribution < -0.4 is 5.32 Å². The van der Waals surface area contributed by atoms with Crippen molar-refractivity contribution in [3.05, 3.63) is 34.9 Å². The number of benzene rings is 1. The van der Waals surface area contributed by atoms with Gasteiger partial charge >= 0.3 is 5.97 Å². The molecule has 1 N–H and O–H groups in total. The average Bonchev–Trinajstić information content (AvgIpc) is 2.74. The van der Waals surface area contributed by atoms with Crippen LogP contribution >= 0.6 is 11.6 Å². The second-order valence-electron chi connectivity index (χ2n) is 4.43. The predicted molar refractivity (Wildman–Crippen MR) is 66.8 cm³/mol. The molecule has 0 aromatic heterocycles. The quantitative estimate of drug-likeness (QED) is 0.841. The number of ether oxygens (including phenoxy) is 1. The highest BCUT2D eigenvalue weighted by molar-refractivity contribution is 6.30. The molecule has 1 aromatic rings. The first kappa shape index (κ1) is 12.4. The molecule has 1 aromatic carbocycles. The van der Waals surface area contributed by atoms with E-state index in [1.165, 1.54) is 0 Å². The smallest absolute Gasteiger partial charge is 0.323 e. The zero-order chi connectivity index (χ0) is 12.3. The zero-order valence-corrected chi connectivity index (χ0v) is 10.5. The molecule has 2 atom stereocenters. The summed E-state index contributed by atoms with van der Waals surface area (Å²) in [6.07, 6.45) is 1.03. The van der Waals surface area contributed by atoms with Gasteiger partial charge in [0.05, 0.1) is 0 Å². The van der Waals surface area contributed by atoms with Crippen molar-refractivity contribution in [1.29, 1.82) is 0 Å². The summed E-state index contributed by atoms with van der Waals surface area (Å²) in [5.74, 6) is 0.192. The van der Waals surface area contributed by atoms with Crippen LogP contribution in [-0.2, 0) is 16.1 Å². The van der Waals surface area contributed by atoms with Gasteiger partial charge in [-0.05, 0) is 36.6 Å². The van der Waals surface area contributed by atoms with Gasteiger partial charge in [-0.25, -0.2) is 0 Å². The molecular formula is C13H16ClNO2. The summed E-state index contributed by atoms with van der Waals surface area (Å²) >= 11 is 5.78. The van der Waals surface area contributed by atoms with Crippen molar-refractivity contribution in [2.24, 2.45) is 5.92 Å². The highest BCUT2D eigenvalue weighted by Gasteiger charge is 2.30. The van der Waals surface area contributed by atoms with Crippen molar-refractivity contribution < 1.29 is 9.53 Å². The van der Waals surface area contributed by atoms with Crippen LogP contribution in [0.2, 0.25) is 5.02 Å². The summed E-state index contributed by atoms with van der Waals surface area (Å²) in [5, 5.41) is 3.84. The van der Waals surface area contributed by atoms with Crippen molar-refractivity contribution in [3.8, 4) is 0 Å². The van der Waals surface area contributed by atoms with Gasteiger partial charge in [-0.2, -0.15) is 0 Å². The van der Waals surface area contributed by atoms with Crippen molar-refractivity contribution in [2.45, 2.75) is 26.0 Å². The number of hydrogen-bond donors (Lipinski definition) is 1. The Bertz CT molecular complexity index is 391. The Morgan fingerprint density at radius 1 is 1.47 bits per heavy atom. The Labute approximate surface area is 106 Å². The van der Waals surface area contributed by atoms with Crippen molar-refractivity contribution in [3.63, 3.8) is 0 Å². The van der Waals surface area contributed by atoms with Crippen LogP contribution in [0.3, 0.4) is 0 Å². The molecule has 1 heterocycles. The van der Waals surface area contributed by atoms with E-state index in [0.717, 1.165) is 18.5 Å². The maximum Gasteiger partial charge on any atom is 0.323 e. The Morgan fingerprint density at radius 2 is 2.18 bits per heavy atom. The summed E-state index contributed by atoms with van der Waals surface area (Å²) in [7, 11) is 0. The predicted octanol–water partition coefficient (Wildman–Crippen LogP) is 2.38. The molecular weight excluding hydrogens is 238 g/mol. The Balaban J connectivity index is 1.85. The third-order valence-electron chi connectivity index (χ3n) is 3.08. The summed E-state index contributed by atoms with van der Waals surface area (Å²) < 4.78 is 5.28. The standard InChI is InChI=1S/C13H16ClNO2/c1-9-6-7-15-12(9)13(16)17-8-10-2-4-11(14)5-3-10/h2-5,9,12,15H,6-8H2,1H3. The van der Waals surface area contributed by atoms with E-state index in [1.54, 1.807) is 12.1 Å². The van der Waals surface area contributed by atoms with E-state index in [9.17, 15) is 4.79 Å². The third-order valence-corrected chi connectivity index (χ3v) is 3.33. The Kier molecular flexibility index (Phi) is 4.02. The van der Waals surface area contributed by atoms with Gasteiger partial charge in [-0.1, -0.05) is 30.7 Å². The fraction of sp³-hybridized carbons (Fsp3) is 0.462. The fourth-order valence-corrected chi connectivity index (χ4v) is 2.10. The van der Waals surface area contributed by atoms with E-state index in [1.807, 2.05) is 12.1 Å². The monoisotopic (exact) mass is 253 g/mol. The SMILES string of the molecule is CC1CCNC1C(=O)OCc1ccc(Cl)cc1. The number of hydrogen-bond acceptors (Lipinski definition) is 3. The van der Waals surface area contributed by atoms with Crippen LogP contribution in [-0.4, -0.2) is 18.6 Å². The van der Waals surface area contributed by atoms with Crippen molar-refractivity contribution in [2.75, 3.05) is 6.54 Å². The molecule has 92 valence electrons. The lowest BCUT2D eigenvalue weighted by molar-refractivity contribution is -0.148. The second-order valence-corrected chi connectivity index (χ2v) is 4.87. The number of halogens is 1. The van der Waals surface area contributed by atoms with Crippen molar-refractivity contribution >= 4 is 17.6 Å². The second kappa shape index (κ2) is 5.52. The molecule has 1 fully saturated rings. The van der Waals surface area contributed by atoms with E-state index in [0.29, 0.717) is 17.5 Å². The highest BCUT2D eigenvalue weighted by atomic mass is 35.5. The van der Waals surface area contributed by atoms with E-state index in [4.69, 9.17) is 16.3 Å². The van der Waals surface area contributed by atoms with Crippen molar-refractivity contribution in [1.82, 2.24) is 5.32 Å². The highest BCUT2D eigenvalue weighted by Crippen LogP contribution is 2.16. The lowest BCUT2D eigenvalue weighted by atomic mass is 10.0. The normalized spacial score (nSPS) is 23.6. The third kappa shape index (κ3) is 3.20. The molecule has 1 aliphatic rings. The Hall–Kier alpha value is -1.06. The van der Waals surface area contributed by atoms with Gasteiger partial charge in [-0.15, -0.1) is 0 Å². The number of rotatable bonds is 3. The molecule has 0 aliphatic carbocycles. The molecule has 17 heavy (non-hydrogen) atoms. The topological polar surface area (TPSA) is 38.3 Å². The van der Waals surface area contributed by atoms with Gasteiger partial charge in [0.1, 0.15) is 12.6 Å². The van der Waals surface area contributed by atoms with Gasteiger partial charge < -0.3 is 10.1 Å². The molecule has 2 unspecified atom stereocenters. The van der Waals surface area contributed by atoms with E-state index in [2.05, 4.69) is 12.2 Å². The minimum atomic E-state index is -0.162. The zero-order valence-electron chi connectivity index (χ0n) is 9.78. The van der Waals surface area contributed by atoms with Crippen LogP contribution in [0.1, 0.15) is 18.9 Å². The first-order valence-corrected chi connectivity index (χ1v) is 6.19. The minimum Gasteiger partial charge on any atom is -0.460 e. The maximum absolute atomic E-state index is 11.8. The lowest BCUT2D eigenvalue weighted by Crippen LogP contribution is -2.36. The summed E-state index contributed by atoms with van der Waals surface area (Å²) in [6.45, 7) is 3.26. The van der Waals surface area contributed by atoms with Gasteiger partial charge in [-0.3, -0.25) is 4.79 Å². The van der Waals surface area contributed by atoms with Crippen LogP contribution in [0.5, 0.6) is 0 Å². The van der Waals surface area contributed by atoms with Crippen LogP contribution in [0.25, 0.3) is 0 Å². The van der Waals surface area contributed by atoms with Crippen LogP contribution in [0, 0.1) is 5.92 Å². The first-order chi connectivity index (χ1) is 8.16. The number of carbonyl (C=O) groups is 1. The molecule has 0 bridgehead atoms. The summed E-state index contributed by atoms with van der Waals surface area (Å²) in [6, 6.07) is 7.16. The molecule has 1 aliphatic heterocycles. The minimum absolute atomic E-state index is 0.151. The molecule has 0 radical (unpaired) electrons. The van der Waals surface area contributed by atoms with Gasteiger partial charge in [0.15, 0.2) is 0 Å². The summed E-state index contributed by atoms with van der Waals surface area (Å²) in [4.78, 5) is 11.8. The average molecular weight is 254 g/mol. The Morgan fingerprint density at radius 3 is 2.76 bits per heavy atom. The van der Waals surface area contributed by atoms with E-state index < -0.39 is 0 Å². The molecule has 0 spiro atoms.